The van der Waals surface area contributed by atoms with Crippen molar-refractivity contribution in [3.05, 3.63) is 36.7 Å². The van der Waals surface area contributed by atoms with Crippen molar-refractivity contribution in [3.8, 4) is 22.9 Å². The van der Waals surface area contributed by atoms with Crippen LogP contribution in [0.1, 0.15) is 12.8 Å². The molecule has 2 heterocycles. The first-order valence-corrected chi connectivity index (χ1v) is 7.38. The van der Waals surface area contributed by atoms with Gasteiger partial charge in [0.15, 0.2) is 11.5 Å². The predicted molar refractivity (Wildman–Crippen MR) is 84.1 cm³/mol. The van der Waals surface area contributed by atoms with Gasteiger partial charge in [-0.3, -0.25) is 4.98 Å². The molecule has 5 heteroatoms. The van der Waals surface area contributed by atoms with E-state index >= 15 is 0 Å². The molecule has 3 aromatic rings. The molecule has 0 bridgehead atoms. The summed E-state index contributed by atoms with van der Waals surface area (Å²) in [6, 6.07) is 7.87. The Hall–Kier alpha value is -2.56. The number of hydrogen-bond donors (Lipinski definition) is 0. The molecule has 1 aliphatic carbocycles. The highest BCUT2D eigenvalue weighted by atomic mass is 16.5. The Kier molecular flexibility index (Phi) is 2.99. The Morgan fingerprint density at radius 3 is 2.77 bits per heavy atom. The van der Waals surface area contributed by atoms with E-state index in [0.717, 1.165) is 46.8 Å². The summed E-state index contributed by atoms with van der Waals surface area (Å²) in [5, 5.41) is 0. The fourth-order valence-corrected chi connectivity index (χ4v) is 2.57. The van der Waals surface area contributed by atoms with Gasteiger partial charge in [-0.15, -0.1) is 0 Å². The van der Waals surface area contributed by atoms with Crippen LogP contribution in [0.4, 0.5) is 0 Å². The van der Waals surface area contributed by atoms with Crippen LogP contribution in [0, 0.1) is 0 Å². The lowest BCUT2D eigenvalue weighted by Crippen LogP contribution is -2.00. The maximum atomic E-state index is 5.95. The summed E-state index contributed by atoms with van der Waals surface area (Å²) in [6.07, 6.45) is 6.15. The van der Waals surface area contributed by atoms with E-state index in [9.17, 15) is 0 Å². The Balaban J connectivity index is 1.81. The predicted octanol–water partition coefficient (Wildman–Crippen LogP) is 3.19. The monoisotopic (exact) mass is 295 g/mol. The zero-order valence-corrected chi connectivity index (χ0v) is 12.6. The van der Waals surface area contributed by atoms with Gasteiger partial charge in [0.25, 0.3) is 0 Å². The maximum Gasteiger partial charge on any atom is 0.162 e. The van der Waals surface area contributed by atoms with Crippen molar-refractivity contribution in [2.24, 2.45) is 7.05 Å². The molecular weight excluding hydrogens is 278 g/mol. The normalized spacial score (nSPS) is 14.3. The van der Waals surface area contributed by atoms with Gasteiger partial charge in [0.1, 0.15) is 5.82 Å². The summed E-state index contributed by atoms with van der Waals surface area (Å²) < 4.78 is 13.4. The van der Waals surface area contributed by atoms with Crippen LogP contribution in [-0.2, 0) is 7.05 Å². The minimum Gasteiger partial charge on any atom is -0.493 e. The summed E-state index contributed by atoms with van der Waals surface area (Å²) in [5.41, 5.74) is 2.96. The molecule has 0 atom stereocenters. The Morgan fingerprint density at radius 2 is 2.05 bits per heavy atom. The third-order valence-electron chi connectivity index (χ3n) is 3.92. The average Bonchev–Trinajstić information content (AvgIpc) is 3.30. The van der Waals surface area contributed by atoms with Crippen molar-refractivity contribution < 1.29 is 9.47 Å². The Bertz CT molecular complexity index is 837. The smallest absolute Gasteiger partial charge is 0.162 e. The van der Waals surface area contributed by atoms with E-state index < -0.39 is 0 Å². The van der Waals surface area contributed by atoms with E-state index in [-0.39, 0.29) is 0 Å². The number of ether oxygens (including phenoxy) is 2. The minimum atomic E-state index is 0.328. The van der Waals surface area contributed by atoms with Crippen molar-refractivity contribution in [1.29, 1.82) is 0 Å². The van der Waals surface area contributed by atoms with E-state index in [1.54, 1.807) is 13.3 Å². The highest BCUT2D eigenvalue weighted by molar-refractivity contribution is 5.80. The quantitative estimate of drug-likeness (QED) is 0.741. The molecule has 1 aromatic carbocycles. The SMILES string of the molecule is COc1ccc(-c2nc3ccncc3n2C)cc1OC1CC1. The number of nitrogens with zero attached hydrogens (tertiary/aromatic N) is 3. The summed E-state index contributed by atoms with van der Waals surface area (Å²) in [4.78, 5) is 8.87. The molecule has 0 radical (unpaired) electrons. The molecule has 1 fully saturated rings. The fourth-order valence-electron chi connectivity index (χ4n) is 2.57. The molecule has 1 aliphatic rings. The van der Waals surface area contributed by atoms with E-state index in [1.165, 1.54) is 0 Å². The van der Waals surface area contributed by atoms with Gasteiger partial charge in [0.05, 0.1) is 30.4 Å². The number of aryl methyl sites for hydroxylation is 1. The van der Waals surface area contributed by atoms with Crippen LogP contribution in [0.15, 0.2) is 36.7 Å². The summed E-state index contributed by atoms with van der Waals surface area (Å²) in [7, 11) is 3.66. The zero-order chi connectivity index (χ0) is 15.1. The van der Waals surface area contributed by atoms with E-state index in [1.807, 2.05) is 42.1 Å². The van der Waals surface area contributed by atoms with Crippen molar-refractivity contribution in [2.75, 3.05) is 7.11 Å². The number of aromatic nitrogens is 3. The molecule has 2 aromatic heterocycles. The maximum absolute atomic E-state index is 5.95. The lowest BCUT2D eigenvalue weighted by Gasteiger charge is -2.11. The van der Waals surface area contributed by atoms with Crippen molar-refractivity contribution >= 4 is 11.0 Å². The lowest BCUT2D eigenvalue weighted by molar-refractivity contribution is 0.282. The van der Waals surface area contributed by atoms with Crippen LogP contribution in [0.2, 0.25) is 0 Å². The third-order valence-corrected chi connectivity index (χ3v) is 3.92. The molecule has 1 saturated carbocycles. The lowest BCUT2D eigenvalue weighted by atomic mass is 10.2. The second kappa shape index (κ2) is 5.02. The molecule has 4 rings (SSSR count). The van der Waals surface area contributed by atoms with Gasteiger partial charge in [0, 0.05) is 18.8 Å². The van der Waals surface area contributed by atoms with Crippen molar-refractivity contribution in [2.45, 2.75) is 18.9 Å². The molecule has 112 valence electrons. The fraction of sp³-hybridized carbons (Fsp3) is 0.294. The van der Waals surface area contributed by atoms with Gasteiger partial charge in [-0.05, 0) is 37.1 Å². The highest BCUT2D eigenvalue weighted by Crippen LogP contribution is 2.36. The molecule has 0 unspecified atom stereocenters. The van der Waals surface area contributed by atoms with E-state index in [2.05, 4.69) is 4.98 Å². The van der Waals surface area contributed by atoms with Crippen LogP contribution in [0.3, 0.4) is 0 Å². The Labute approximate surface area is 128 Å². The van der Waals surface area contributed by atoms with Crippen molar-refractivity contribution in [1.82, 2.24) is 14.5 Å². The van der Waals surface area contributed by atoms with E-state index in [4.69, 9.17) is 14.5 Å². The molecule has 22 heavy (non-hydrogen) atoms. The van der Waals surface area contributed by atoms with Crippen LogP contribution < -0.4 is 9.47 Å². The van der Waals surface area contributed by atoms with Gasteiger partial charge in [-0.2, -0.15) is 0 Å². The third kappa shape index (κ3) is 2.19. The standard InChI is InChI=1S/C17H17N3O2/c1-20-14-10-18-8-7-13(14)19-17(20)11-3-6-15(21-2)16(9-11)22-12-4-5-12/h3,6-10,12H,4-5H2,1-2H3. The molecule has 0 amide bonds. The number of pyridine rings is 1. The molecule has 0 saturated heterocycles. The van der Waals surface area contributed by atoms with Crippen molar-refractivity contribution in [3.63, 3.8) is 0 Å². The topological polar surface area (TPSA) is 49.2 Å². The number of imidazole rings is 1. The average molecular weight is 295 g/mol. The van der Waals surface area contributed by atoms with Gasteiger partial charge in [-0.25, -0.2) is 4.98 Å². The van der Waals surface area contributed by atoms with Gasteiger partial charge >= 0.3 is 0 Å². The highest BCUT2D eigenvalue weighted by Gasteiger charge is 2.25. The summed E-state index contributed by atoms with van der Waals surface area (Å²) >= 11 is 0. The Morgan fingerprint density at radius 1 is 1.18 bits per heavy atom. The van der Waals surface area contributed by atoms with Crippen LogP contribution in [-0.4, -0.2) is 27.7 Å². The van der Waals surface area contributed by atoms with E-state index in [0.29, 0.717) is 6.10 Å². The zero-order valence-electron chi connectivity index (χ0n) is 12.6. The second-order valence-corrected chi connectivity index (χ2v) is 5.54. The van der Waals surface area contributed by atoms with Crippen LogP contribution >= 0.6 is 0 Å². The first-order chi connectivity index (χ1) is 10.8. The second-order valence-electron chi connectivity index (χ2n) is 5.54. The number of hydrogen-bond acceptors (Lipinski definition) is 4. The number of fused-ring (bicyclic) bond motifs is 1. The molecule has 0 spiro atoms. The van der Waals surface area contributed by atoms with Gasteiger partial charge in [-0.1, -0.05) is 0 Å². The number of benzene rings is 1. The molecule has 5 nitrogen and oxygen atoms in total. The first kappa shape index (κ1) is 13.1. The van der Waals surface area contributed by atoms with Gasteiger partial charge < -0.3 is 14.0 Å². The molecule has 0 aliphatic heterocycles. The molecular formula is C17H17N3O2. The number of methoxy groups -OCH3 is 1. The van der Waals surface area contributed by atoms with Gasteiger partial charge in [0.2, 0.25) is 0 Å². The largest absolute Gasteiger partial charge is 0.493 e. The van der Waals surface area contributed by atoms with Crippen LogP contribution in [0.5, 0.6) is 11.5 Å². The summed E-state index contributed by atoms with van der Waals surface area (Å²) in [5.74, 6) is 2.44. The van der Waals surface area contributed by atoms with Crippen LogP contribution in [0.25, 0.3) is 22.4 Å². The molecule has 0 N–H and O–H groups in total. The first-order valence-electron chi connectivity index (χ1n) is 7.38. The minimum absolute atomic E-state index is 0.328. The number of rotatable bonds is 4. The summed E-state index contributed by atoms with van der Waals surface area (Å²) in [6.45, 7) is 0.